The lowest BCUT2D eigenvalue weighted by Gasteiger charge is -2.36. The number of hydrogen-bond donors (Lipinski definition) is 1. The van der Waals surface area contributed by atoms with Gasteiger partial charge in [0.25, 0.3) is 15.9 Å². The molecular formula is C31H37N3O5S. The Morgan fingerprint density at radius 3 is 2.25 bits per heavy atom. The van der Waals surface area contributed by atoms with E-state index in [0.717, 1.165) is 24.3 Å². The molecule has 2 heterocycles. The Morgan fingerprint density at radius 1 is 0.950 bits per heavy atom. The van der Waals surface area contributed by atoms with Crippen LogP contribution in [0.2, 0.25) is 0 Å². The smallest absolute Gasteiger partial charge is 0.267 e. The summed E-state index contributed by atoms with van der Waals surface area (Å²) in [6.45, 7) is 8.11. The fourth-order valence-electron chi connectivity index (χ4n) is 5.09. The fourth-order valence-corrected chi connectivity index (χ4v) is 6.56. The summed E-state index contributed by atoms with van der Waals surface area (Å²) < 4.78 is 40.4. The van der Waals surface area contributed by atoms with Gasteiger partial charge in [0, 0.05) is 24.5 Å². The number of carbonyl (C=O) groups is 1. The van der Waals surface area contributed by atoms with E-state index in [-0.39, 0.29) is 16.9 Å². The third-order valence-electron chi connectivity index (χ3n) is 7.49. The van der Waals surface area contributed by atoms with Crippen LogP contribution in [0.15, 0.2) is 71.6 Å². The predicted octanol–water partition coefficient (Wildman–Crippen LogP) is 5.58. The van der Waals surface area contributed by atoms with Crippen LogP contribution < -0.4 is 24.0 Å². The second kappa shape index (κ2) is 11.0. The summed E-state index contributed by atoms with van der Waals surface area (Å²) >= 11 is 0. The van der Waals surface area contributed by atoms with Gasteiger partial charge < -0.3 is 19.7 Å². The number of piperidine rings is 1. The maximum absolute atomic E-state index is 13.9. The summed E-state index contributed by atoms with van der Waals surface area (Å²) in [5.41, 5.74) is 2.93. The van der Waals surface area contributed by atoms with Crippen LogP contribution >= 0.6 is 0 Å². The molecule has 0 spiro atoms. The van der Waals surface area contributed by atoms with E-state index in [1.54, 1.807) is 18.2 Å². The van der Waals surface area contributed by atoms with Gasteiger partial charge in [0.1, 0.15) is 11.5 Å². The van der Waals surface area contributed by atoms with E-state index in [4.69, 9.17) is 9.47 Å². The minimum atomic E-state index is -4.01. The van der Waals surface area contributed by atoms with E-state index in [0.29, 0.717) is 22.9 Å². The molecule has 3 aromatic carbocycles. The molecule has 0 radical (unpaired) electrons. The standard InChI is InChI=1S/C31H37N3O5S/c1-31(2,3)22-8-17-28-27(20-22)34(40(36,37)26-15-13-25(38-4)14-16-26)21-29(39-28)30(35)32-23-9-11-24(12-10-23)33-18-6-5-7-19-33/h8-17,20,29H,5-7,18-19,21H2,1-4H3,(H,32,35)/t29-/m1/s1. The third kappa shape index (κ3) is 5.75. The highest BCUT2D eigenvalue weighted by atomic mass is 32.2. The molecule has 3 aromatic rings. The fraction of sp³-hybridized carbons (Fsp3) is 0.387. The second-order valence-electron chi connectivity index (χ2n) is 11.3. The molecule has 1 saturated heterocycles. The van der Waals surface area contributed by atoms with Crippen LogP contribution in [-0.2, 0) is 20.2 Å². The number of rotatable bonds is 6. The van der Waals surface area contributed by atoms with Gasteiger partial charge in [-0.25, -0.2) is 8.42 Å². The zero-order chi connectivity index (χ0) is 28.5. The molecule has 9 heteroatoms. The number of fused-ring (bicyclic) bond motifs is 1. The normalized spacial score (nSPS) is 17.6. The summed E-state index contributed by atoms with van der Waals surface area (Å²) in [5.74, 6) is 0.489. The molecule has 40 heavy (non-hydrogen) atoms. The van der Waals surface area contributed by atoms with Crippen LogP contribution in [0.1, 0.15) is 45.6 Å². The molecule has 1 amide bonds. The van der Waals surface area contributed by atoms with Crippen molar-refractivity contribution >= 4 is 33.0 Å². The first-order valence-electron chi connectivity index (χ1n) is 13.7. The number of sulfonamides is 1. The molecule has 1 atom stereocenters. The van der Waals surface area contributed by atoms with Gasteiger partial charge in [-0.15, -0.1) is 0 Å². The molecule has 1 fully saturated rings. The number of hydrogen-bond acceptors (Lipinski definition) is 6. The number of amides is 1. The van der Waals surface area contributed by atoms with Crippen LogP contribution in [-0.4, -0.2) is 47.2 Å². The van der Waals surface area contributed by atoms with Gasteiger partial charge in [-0.3, -0.25) is 9.10 Å². The first kappa shape index (κ1) is 27.8. The van der Waals surface area contributed by atoms with E-state index in [9.17, 15) is 13.2 Å². The molecule has 1 N–H and O–H groups in total. The van der Waals surface area contributed by atoms with Crippen LogP contribution in [0.5, 0.6) is 11.5 Å². The number of nitrogens with one attached hydrogen (secondary N) is 1. The predicted molar refractivity (Wildman–Crippen MR) is 158 cm³/mol. The maximum Gasteiger partial charge on any atom is 0.267 e. The molecule has 0 saturated carbocycles. The van der Waals surface area contributed by atoms with Crippen LogP contribution in [0.25, 0.3) is 0 Å². The van der Waals surface area contributed by atoms with Crippen molar-refractivity contribution in [1.82, 2.24) is 0 Å². The molecule has 0 aliphatic carbocycles. The number of anilines is 3. The van der Waals surface area contributed by atoms with Crippen molar-refractivity contribution in [3.05, 3.63) is 72.3 Å². The number of ether oxygens (including phenoxy) is 2. The SMILES string of the molecule is COc1ccc(S(=O)(=O)N2C[C@H](C(=O)Nc3ccc(N4CCCCC4)cc3)Oc3ccc(C(C)(C)C)cc32)cc1. The Hall–Kier alpha value is -3.72. The average molecular weight is 564 g/mol. The highest BCUT2D eigenvalue weighted by molar-refractivity contribution is 7.92. The monoisotopic (exact) mass is 563 g/mol. The Balaban J connectivity index is 1.42. The van der Waals surface area contributed by atoms with Gasteiger partial charge in [-0.1, -0.05) is 26.8 Å². The quantitative estimate of drug-likeness (QED) is 0.422. The van der Waals surface area contributed by atoms with Crippen molar-refractivity contribution in [3.8, 4) is 11.5 Å². The Morgan fingerprint density at radius 2 is 1.62 bits per heavy atom. The van der Waals surface area contributed by atoms with Crippen molar-refractivity contribution in [2.75, 3.05) is 41.3 Å². The molecule has 0 unspecified atom stereocenters. The van der Waals surface area contributed by atoms with Crippen molar-refractivity contribution < 1.29 is 22.7 Å². The number of nitrogens with zero attached hydrogens (tertiary/aromatic N) is 2. The number of carbonyl (C=O) groups excluding carboxylic acids is 1. The minimum absolute atomic E-state index is 0.106. The molecule has 5 rings (SSSR count). The van der Waals surface area contributed by atoms with E-state index in [2.05, 4.69) is 31.0 Å². The minimum Gasteiger partial charge on any atom is -0.497 e. The van der Waals surface area contributed by atoms with E-state index in [1.807, 2.05) is 36.4 Å². The van der Waals surface area contributed by atoms with E-state index < -0.39 is 22.0 Å². The summed E-state index contributed by atoms with van der Waals surface area (Å²) in [7, 11) is -2.48. The van der Waals surface area contributed by atoms with Crippen LogP contribution in [0, 0.1) is 0 Å². The molecular weight excluding hydrogens is 526 g/mol. The van der Waals surface area contributed by atoms with E-state index in [1.165, 1.54) is 42.8 Å². The highest BCUT2D eigenvalue weighted by Gasteiger charge is 2.38. The van der Waals surface area contributed by atoms with Crippen molar-refractivity contribution in [3.63, 3.8) is 0 Å². The number of benzene rings is 3. The highest BCUT2D eigenvalue weighted by Crippen LogP contribution is 2.40. The van der Waals surface area contributed by atoms with Crippen molar-refractivity contribution in [1.29, 1.82) is 0 Å². The Labute approximate surface area is 236 Å². The van der Waals surface area contributed by atoms with Crippen LogP contribution in [0.3, 0.4) is 0 Å². The second-order valence-corrected chi connectivity index (χ2v) is 13.2. The molecule has 2 aliphatic rings. The van der Waals surface area contributed by atoms with Gasteiger partial charge in [0.05, 0.1) is 24.2 Å². The molecule has 2 aliphatic heterocycles. The van der Waals surface area contributed by atoms with Gasteiger partial charge in [0.15, 0.2) is 6.10 Å². The summed E-state index contributed by atoms with van der Waals surface area (Å²) in [6, 6.07) is 19.5. The Kier molecular flexibility index (Phi) is 7.68. The van der Waals surface area contributed by atoms with Crippen molar-refractivity contribution in [2.45, 2.75) is 56.4 Å². The summed E-state index contributed by atoms with van der Waals surface area (Å²) in [4.78, 5) is 15.9. The Bertz CT molecular complexity index is 1460. The molecule has 212 valence electrons. The largest absolute Gasteiger partial charge is 0.497 e. The zero-order valence-electron chi connectivity index (χ0n) is 23.5. The maximum atomic E-state index is 13.9. The lowest BCUT2D eigenvalue weighted by Crippen LogP contribution is -2.49. The number of methoxy groups -OCH3 is 1. The van der Waals surface area contributed by atoms with Gasteiger partial charge in [0.2, 0.25) is 0 Å². The lowest BCUT2D eigenvalue weighted by atomic mass is 9.86. The third-order valence-corrected chi connectivity index (χ3v) is 9.28. The topological polar surface area (TPSA) is 88.2 Å². The van der Waals surface area contributed by atoms with Gasteiger partial charge >= 0.3 is 0 Å². The molecule has 0 bridgehead atoms. The molecule has 0 aromatic heterocycles. The van der Waals surface area contributed by atoms with Crippen LogP contribution in [0.4, 0.5) is 17.1 Å². The summed E-state index contributed by atoms with van der Waals surface area (Å²) in [5, 5.41) is 2.91. The molecule has 8 nitrogen and oxygen atoms in total. The average Bonchev–Trinajstić information content (AvgIpc) is 2.96. The first-order chi connectivity index (χ1) is 19.1. The van der Waals surface area contributed by atoms with Crippen molar-refractivity contribution in [2.24, 2.45) is 0 Å². The zero-order valence-corrected chi connectivity index (χ0v) is 24.3. The van der Waals surface area contributed by atoms with Gasteiger partial charge in [-0.05, 0) is 90.9 Å². The first-order valence-corrected chi connectivity index (χ1v) is 15.1. The summed E-state index contributed by atoms with van der Waals surface area (Å²) in [6.07, 6.45) is 2.60. The van der Waals surface area contributed by atoms with Gasteiger partial charge in [-0.2, -0.15) is 0 Å². The lowest BCUT2D eigenvalue weighted by molar-refractivity contribution is -0.122. The van der Waals surface area contributed by atoms with E-state index >= 15 is 0 Å².